The topological polar surface area (TPSA) is 60.9 Å². The summed E-state index contributed by atoms with van der Waals surface area (Å²) >= 11 is 0. The quantitative estimate of drug-likeness (QED) is 0.869. The van der Waals surface area contributed by atoms with Crippen molar-refractivity contribution >= 4 is 11.9 Å². The zero-order valence-corrected chi connectivity index (χ0v) is 14.8. The lowest BCUT2D eigenvalue weighted by molar-refractivity contribution is -0.146. The molecule has 1 N–H and O–H groups in total. The first-order chi connectivity index (χ1) is 11.4. The minimum Gasteiger partial charge on any atom is -0.481 e. The van der Waals surface area contributed by atoms with E-state index >= 15 is 0 Å². The van der Waals surface area contributed by atoms with Gasteiger partial charge in [-0.2, -0.15) is 0 Å². The van der Waals surface area contributed by atoms with Gasteiger partial charge in [-0.3, -0.25) is 14.5 Å². The molecule has 5 heteroatoms. The Labute approximate surface area is 144 Å². The molecule has 1 amide bonds. The third-order valence-corrected chi connectivity index (χ3v) is 4.58. The first-order valence-corrected chi connectivity index (χ1v) is 8.65. The van der Waals surface area contributed by atoms with Crippen molar-refractivity contribution in [3.05, 3.63) is 35.9 Å². The number of nitrogens with zero attached hydrogens (tertiary/aromatic N) is 2. The molecule has 24 heavy (non-hydrogen) atoms. The van der Waals surface area contributed by atoms with Crippen molar-refractivity contribution < 1.29 is 14.7 Å². The monoisotopic (exact) mass is 332 g/mol. The molecule has 0 spiro atoms. The molecule has 1 saturated heterocycles. The Morgan fingerprint density at radius 2 is 1.92 bits per heavy atom. The molecule has 1 aromatic carbocycles. The summed E-state index contributed by atoms with van der Waals surface area (Å²) in [5.74, 6) is -0.770. The van der Waals surface area contributed by atoms with Crippen LogP contribution in [0.5, 0.6) is 0 Å². The molecule has 1 aliphatic rings. The van der Waals surface area contributed by atoms with Gasteiger partial charge in [-0.1, -0.05) is 37.3 Å². The molecule has 5 nitrogen and oxygen atoms in total. The Bertz CT molecular complexity index is 559. The number of carboxylic acid groups (broad SMARTS) is 1. The fraction of sp³-hybridized carbons (Fsp3) is 0.579. The molecule has 1 heterocycles. The average molecular weight is 332 g/mol. The molecule has 2 atom stereocenters. The van der Waals surface area contributed by atoms with E-state index in [1.807, 2.05) is 54.0 Å². The molecule has 1 aromatic rings. The number of carboxylic acids is 1. The lowest BCUT2D eigenvalue weighted by Gasteiger charge is -2.36. The molecule has 0 saturated carbocycles. The minimum atomic E-state index is -0.760. The maximum absolute atomic E-state index is 12.8. The maximum Gasteiger partial charge on any atom is 0.307 e. The van der Waals surface area contributed by atoms with E-state index in [-0.39, 0.29) is 17.9 Å². The van der Waals surface area contributed by atoms with Crippen LogP contribution in [0.4, 0.5) is 0 Å². The Kier molecular flexibility index (Phi) is 6.37. The molecular weight excluding hydrogens is 304 g/mol. The number of hydrogen-bond donors (Lipinski definition) is 1. The summed E-state index contributed by atoms with van der Waals surface area (Å²) in [7, 11) is 0. The Hall–Kier alpha value is -1.88. The van der Waals surface area contributed by atoms with Crippen molar-refractivity contribution in [1.29, 1.82) is 0 Å². The predicted molar refractivity (Wildman–Crippen MR) is 93.5 cm³/mol. The predicted octanol–water partition coefficient (Wildman–Crippen LogP) is 2.47. The Morgan fingerprint density at radius 3 is 2.50 bits per heavy atom. The minimum absolute atomic E-state index is 0.0621. The molecule has 0 aromatic heterocycles. The number of piperidine rings is 1. The maximum atomic E-state index is 12.8. The van der Waals surface area contributed by atoms with Crippen LogP contribution < -0.4 is 0 Å². The van der Waals surface area contributed by atoms with Crippen LogP contribution in [0.1, 0.15) is 32.8 Å². The molecular formula is C19H28N2O3. The number of benzene rings is 1. The van der Waals surface area contributed by atoms with Crippen molar-refractivity contribution in [2.75, 3.05) is 19.6 Å². The van der Waals surface area contributed by atoms with Gasteiger partial charge in [0.15, 0.2) is 0 Å². The first-order valence-electron chi connectivity index (χ1n) is 8.65. The Balaban J connectivity index is 2.00. The molecule has 0 radical (unpaired) electrons. The van der Waals surface area contributed by atoms with Crippen molar-refractivity contribution in [3.63, 3.8) is 0 Å². The number of aliphatic carboxylic acids is 1. The summed E-state index contributed by atoms with van der Waals surface area (Å²) in [6.07, 6.45) is 0.692. The second-order valence-electron chi connectivity index (χ2n) is 7.17. The highest BCUT2D eigenvalue weighted by Crippen LogP contribution is 2.22. The van der Waals surface area contributed by atoms with Gasteiger partial charge in [0.1, 0.15) is 0 Å². The van der Waals surface area contributed by atoms with Crippen molar-refractivity contribution in [2.45, 2.75) is 39.8 Å². The van der Waals surface area contributed by atoms with Gasteiger partial charge < -0.3 is 10.0 Å². The third-order valence-electron chi connectivity index (χ3n) is 4.58. The van der Waals surface area contributed by atoms with Crippen LogP contribution in [0.2, 0.25) is 0 Å². The average Bonchev–Trinajstić information content (AvgIpc) is 2.52. The Morgan fingerprint density at radius 1 is 1.25 bits per heavy atom. The molecule has 132 valence electrons. The third kappa shape index (κ3) is 5.06. The summed E-state index contributed by atoms with van der Waals surface area (Å²) < 4.78 is 0. The molecule has 2 unspecified atom stereocenters. The van der Waals surface area contributed by atoms with E-state index in [1.165, 1.54) is 0 Å². The van der Waals surface area contributed by atoms with Crippen LogP contribution in [0, 0.1) is 11.8 Å². The van der Waals surface area contributed by atoms with E-state index in [0.29, 0.717) is 32.0 Å². The molecule has 1 aliphatic heterocycles. The van der Waals surface area contributed by atoms with E-state index < -0.39 is 5.97 Å². The second-order valence-corrected chi connectivity index (χ2v) is 7.17. The van der Waals surface area contributed by atoms with Gasteiger partial charge in [-0.05, 0) is 31.7 Å². The molecule has 2 rings (SSSR count). The summed E-state index contributed by atoms with van der Waals surface area (Å²) in [6, 6.07) is 10.1. The zero-order chi connectivity index (χ0) is 17.7. The standard InChI is InChI=1S/C19H28N2O3/c1-14(2)21(11-16-7-5-4-6-8-16)18(22)13-20-10-15(3)9-17(12-20)19(23)24/h4-8,14-15,17H,9-13H2,1-3H3,(H,23,24). The smallest absolute Gasteiger partial charge is 0.307 e. The van der Waals surface area contributed by atoms with E-state index in [4.69, 9.17) is 0 Å². The highest BCUT2D eigenvalue weighted by atomic mass is 16.4. The zero-order valence-electron chi connectivity index (χ0n) is 14.8. The molecule has 0 aliphatic carbocycles. The van der Waals surface area contributed by atoms with Crippen molar-refractivity contribution in [3.8, 4) is 0 Å². The summed E-state index contributed by atoms with van der Waals surface area (Å²) in [6.45, 7) is 8.20. The number of carbonyl (C=O) groups excluding carboxylic acids is 1. The van der Waals surface area contributed by atoms with Crippen molar-refractivity contribution in [2.24, 2.45) is 11.8 Å². The normalized spacial score (nSPS) is 21.7. The van der Waals surface area contributed by atoms with E-state index in [2.05, 4.69) is 6.92 Å². The lowest BCUT2D eigenvalue weighted by Crippen LogP contribution is -2.48. The first kappa shape index (κ1) is 18.5. The van der Waals surface area contributed by atoms with E-state index in [1.54, 1.807) is 0 Å². The summed E-state index contributed by atoms with van der Waals surface area (Å²) in [5, 5.41) is 9.28. The lowest BCUT2D eigenvalue weighted by atomic mass is 9.90. The van der Waals surface area contributed by atoms with Gasteiger partial charge in [0.25, 0.3) is 0 Å². The second kappa shape index (κ2) is 8.29. The van der Waals surface area contributed by atoms with Gasteiger partial charge >= 0.3 is 5.97 Å². The highest BCUT2D eigenvalue weighted by molar-refractivity contribution is 5.78. The van der Waals surface area contributed by atoms with Gasteiger partial charge in [0.2, 0.25) is 5.91 Å². The van der Waals surface area contributed by atoms with Gasteiger partial charge in [-0.25, -0.2) is 0 Å². The summed E-state index contributed by atoms with van der Waals surface area (Å²) in [4.78, 5) is 27.9. The van der Waals surface area contributed by atoms with Gasteiger partial charge in [0.05, 0.1) is 12.5 Å². The van der Waals surface area contributed by atoms with Crippen LogP contribution in [-0.2, 0) is 16.1 Å². The van der Waals surface area contributed by atoms with Crippen LogP contribution in [0.15, 0.2) is 30.3 Å². The van der Waals surface area contributed by atoms with Crippen LogP contribution in [0.3, 0.4) is 0 Å². The number of likely N-dealkylation sites (tertiary alicyclic amines) is 1. The largest absolute Gasteiger partial charge is 0.481 e. The van der Waals surface area contributed by atoms with E-state index in [9.17, 15) is 14.7 Å². The fourth-order valence-electron chi connectivity index (χ4n) is 3.39. The van der Waals surface area contributed by atoms with Crippen LogP contribution in [0.25, 0.3) is 0 Å². The fourth-order valence-corrected chi connectivity index (χ4v) is 3.39. The van der Waals surface area contributed by atoms with E-state index in [0.717, 1.165) is 12.1 Å². The highest BCUT2D eigenvalue weighted by Gasteiger charge is 2.31. The number of hydrogen-bond acceptors (Lipinski definition) is 3. The van der Waals surface area contributed by atoms with Crippen LogP contribution in [-0.4, -0.2) is 52.5 Å². The number of carbonyl (C=O) groups is 2. The van der Waals surface area contributed by atoms with Gasteiger partial charge in [-0.15, -0.1) is 0 Å². The molecule has 0 bridgehead atoms. The number of rotatable bonds is 6. The van der Waals surface area contributed by atoms with Crippen LogP contribution >= 0.6 is 0 Å². The summed E-state index contributed by atoms with van der Waals surface area (Å²) in [5.41, 5.74) is 1.11. The van der Waals surface area contributed by atoms with Crippen molar-refractivity contribution in [1.82, 2.24) is 9.80 Å². The molecule has 1 fully saturated rings. The number of amides is 1. The van der Waals surface area contributed by atoms with Gasteiger partial charge in [0, 0.05) is 25.7 Å². The SMILES string of the molecule is CC1CC(C(=O)O)CN(CC(=O)N(Cc2ccccc2)C(C)C)C1.